The van der Waals surface area contributed by atoms with E-state index in [0.717, 1.165) is 5.56 Å². The Morgan fingerprint density at radius 3 is 2.94 bits per heavy atom. The second-order valence-corrected chi connectivity index (χ2v) is 3.92. The van der Waals surface area contributed by atoms with E-state index >= 15 is 0 Å². The maximum atomic E-state index is 11.6. The highest BCUT2D eigenvalue weighted by Crippen LogP contribution is 2.22. The van der Waals surface area contributed by atoms with Gasteiger partial charge in [-0.3, -0.25) is 0 Å². The number of amides is 1. The summed E-state index contributed by atoms with van der Waals surface area (Å²) in [4.78, 5) is 13.3. The van der Waals surface area contributed by atoms with Crippen LogP contribution in [0.3, 0.4) is 0 Å². The number of morpholine rings is 1. The first kappa shape index (κ1) is 11.9. The van der Waals surface area contributed by atoms with Crippen molar-refractivity contribution in [2.75, 3.05) is 26.3 Å². The van der Waals surface area contributed by atoms with E-state index in [1.807, 2.05) is 37.3 Å². The normalized spacial score (nSPS) is 20.1. The van der Waals surface area contributed by atoms with Gasteiger partial charge in [-0.05, 0) is 12.5 Å². The van der Waals surface area contributed by atoms with Gasteiger partial charge in [-0.15, -0.1) is 0 Å². The Kier molecular flexibility index (Phi) is 3.98. The van der Waals surface area contributed by atoms with Gasteiger partial charge in [0.15, 0.2) is 0 Å². The van der Waals surface area contributed by atoms with Gasteiger partial charge in [-0.1, -0.05) is 30.3 Å². The summed E-state index contributed by atoms with van der Waals surface area (Å²) < 4.78 is 10.7. The molecule has 1 heterocycles. The van der Waals surface area contributed by atoms with Crippen molar-refractivity contribution in [3.8, 4) is 0 Å². The molecule has 1 aliphatic rings. The molecule has 1 aliphatic heterocycles. The van der Waals surface area contributed by atoms with E-state index in [2.05, 4.69) is 0 Å². The molecule has 4 heteroatoms. The minimum absolute atomic E-state index is 0.0469. The predicted molar refractivity (Wildman–Crippen MR) is 63.7 cm³/mol. The van der Waals surface area contributed by atoms with Crippen molar-refractivity contribution < 1.29 is 14.3 Å². The Bertz CT molecular complexity index is 366. The van der Waals surface area contributed by atoms with Crippen LogP contribution in [0.1, 0.15) is 18.6 Å². The second-order valence-electron chi connectivity index (χ2n) is 3.92. The molecule has 0 unspecified atom stereocenters. The quantitative estimate of drug-likeness (QED) is 0.789. The summed E-state index contributed by atoms with van der Waals surface area (Å²) in [6.45, 7) is 3.93. The third-order valence-electron chi connectivity index (χ3n) is 2.76. The van der Waals surface area contributed by atoms with E-state index in [1.54, 1.807) is 4.90 Å². The summed E-state index contributed by atoms with van der Waals surface area (Å²) in [5.41, 5.74) is 1.10. The fourth-order valence-corrected chi connectivity index (χ4v) is 1.90. The molecule has 0 radical (unpaired) electrons. The van der Waals surface area contributed by atoms with Crippen molar-refractivity contribution in [1.82, 2.24) is 4.90 Å². The number of hydrogen-bond acceptors (Lipinski definition) is 3. The van der Waals surface area contributed by atoms with Crippen molar-refractivity contribution in [2.24, 2.45) is 0 Å². The lowest BCUT2D eigenvalue weighted by molar-refractivity contribution is -0.0279. The van der Waals surface area contributed by atoms with Crippen LogP contribution >= 0.6 is 0 Å². The van der Waals surface area contributed by atoms with Crippen LogP contribution in [-0.2, 0) is 9.47 Å². The fourth-order valence-electron chi connectivity index (χ4n) is 1.90. The summed E-state index contributed by atoms with van der Waals surface area (Å²) in [6, 6.07) is 9.94. The van der Waals surface area contributed by atoms with Crippen LogP contribution < -0.4 is 0 Å². The lowest BCUT2D eigenvalue weighted by Gasteiger charge is -2.32. The minimum atomic E-state index is -0.253. The topological polar surface area (TPSA) is 38.8 Å². The molecule has 17 heavy (non-hydrogen) atoms. The van der Waals surface area contributed by atoms with Crippen LogP contribution in [0, 0.1) is 0 Å². The van der Waals surface area contributed by atoms with E-state index in [9.17, 15) is 4.79 Å². The van der Waals surface area contributed by atoms with E-state index in [-0.39, 0.29) is 12.2 Å². The summed E-state index contributed by atoms with van der Waals surface area (Å²) in [5, 5.41) is 0. The van der Waals surface area contributed by atoms with E-state index < -0.39 is 0 Å². The third-order valence-corrected chi connectivity index (χ3v) is 2.76. The number of nitrogens with zero attached hydrogens (tertiary/aromatic N) is 1. The Morgan fingerprint density at radius 2 is 2.24 bits per heavy atom. The highest BCUT2D eigenvalue weighted by molar-refractivity contribution is 5.67. The van der Waals surface area contributed by atoms with Crippen LogP contribution in [0.4, 0.5) is 4.79 Å². The van der Waals surface area contributed by atoms with Crippen LogP contribution in [0.5, 0.6) is 0 Å². The van der Waals surface area contributed by atoms with Crippen molar-refractivity contribution in [2.45, 2.75) is 13.0 Å². The van der Waals surface area contributed by atoms with Gasteiger partial charge in [0.05, 0.1) is 19.8 Å². The monoisotopic (exact) mass is 235 g/mol. The van der Waals surface area contributed by atoms with Gasteiger partial charge in [0.2, 0.25) is 0 Å². The van der Waals surface area contributed by atoms with E-state index in [0.29, 0.717) is 26.3 Å². The van der Waals surface area contributed by atoms with Gasteiger partial charge in [0, 0.05) is 6.54 Å². The van der Waals surface area contributed by atoms with Crippen molar-refractivity contribution in [3.05, 3.63) is 35.9 Å². The zero-order valence-electron chi connectivity index (χ0n) is 9.96. The molecule has 0 aromatic heterocycles. The molecule has 0 bridgehead atoms. The summed E-state index contributed by atoms with van der Waals surface area (Å²) >= 11 is 0. The van der Waals surface area contributed by atoms with E-state index in [1.165, 1.54) is 0 Å². The summed E-state index contributed by atoms with van der Waals surface area (Å²) in [5.74, 6) is 0. The third kappa shape index (κ3) is 2.97. The number of benzene rings is 1. The summed E-state index contributed by atoms with van der Waals surface area (Å²) in [6.07, 6.45) is -0.300. The van der Waals surface area contributed by atoms with Crippen LogP contribution in [-0.4, -0.2) is 37.3 Å². The molecule has 0 aliphatic carbocycles. The van der Waals surface area contributed by atoms with Crippen LogP contribution in [0.15, 0.2) is 30.3 Å². The highest BCUT2D eigenvalue weighted by Gasteiger charge is 2.25. The number of hydrogen-bond donors (Lipinski definition) is 0. The van der Waals surface area contributed by atoms with Crippen molar-refractivity contribution >= 4 is 6.09 Å². The molecule has 1 amide bonds. The number of carbonyl (C=O) groups is 1. The number of carbonyl (C=O) groups excluding carboxylic acids is 1. The van der Waals surface area contributed by atoms with Gasteiger partial charge in [-0.2, -0.15) is 0 Å². The van der Waals surface area contributed by atoms with Gasteiger partial charge in [0.25, 0.3) is 0 Å². The molecule has 1 aromatic carbocycles. The molecule has 0 spiro atoms. The fraction of sp³-hybridized carbons (Fsp3) is 0.462. The molecule has 1 saturated heterocycles. The number of rotatable bonds is 2. The lowest BCUT2D eigenvalue weighted by atomic mass is 10.1. The van der Waals surface area contributed by atoms with Crippen molar-refractivity contribution in [3.63, 3.8) is 0 Å². The maximum absolute atomic E-state index is 11.6. The smallest absolute Gasteiger partial charge is 0.409 e. The standard InChI is InChI=1S/C13H17NO3/c1-2-16-13(15)14-8-9-17-12(10-14)11-6-4-3-5-7-11/h3-7,12H,2,8-10H2,1H3/t12-/m0/s1. The molecule has 1 fully saturated rings. The van der Waals surface area contributed by atoms with Gasteiger partial charge < -0.3 is 14.4 Å². The molecule has 0 saturated carbocycles. The predicted octanol–water partition coefficient (Wildman–Crippen LogP) is 2.22. The molecule has 1 atom stereocenters. The SMILES string of the molecule is CCOC(=O)N1CCO[C@H](c2ccccc2)C1. The van der Waals surface area contributed by atoms with Crippen molar-refractivity contribution in [1.29, 1.82) is 0 Å². The Morgan fingerprint density at radius 1 is 1.47 bits per heavy atom. The molecular weight excluding hydrogens is 218 g/mol. The summed E-state index contributed by atoms with van der Waals surface area (Å²) in [7, 11) is 0. The number of ether oxygens (including phenoxy) is 2. The molecule has 2 rings (SSSR count). The minimum Gasteiger partial charge on any atom is -0.450 e. The largest absolute Gasteiger partial charge is 0.450 e. The highest BCUT2D eigenvalue weighted by atomic mass is 16.6. The Balaban J connectivity index is 2.00. The molecule has 1 aromatic rings. The molecule has 4 nitrogen and oxygen atoms in total. The average Bonchev–Trinajstić information content (AvgIpc) is 2.40. The zero-order valence-corrected chi connectivity index (χ0v) is 9.96. The van der Waals surface area contributed by atoms with Gasteiger partial charge in [-0.25, -0.2) is 4.79 Å². The van der Waals surface area contributed by atoms with Crippen LogP contribution in [0.25, 0.3) is 0 Å². The Hall–Kier alpha value is -1.55. The first-order chi connectivity index (χ1) is 8.31. The molecule has 92 valence electrons. The first-order valence-corrected chi connectivity index (χ1v) is 5.89. The second kappa shape index (κ2) is 5.68. The first-order valence-electron chi connectivity index (χ1n) is 5.89. The molecular formula is C13H17NO3. The van der Waals surface area contributed by atoms with Crippen LogP contribution in [0.2, 0.25) is 0 Å². The average molecular weight is 235 g/mol. The lowest BCUT2D eigenvalue weighted by Crippen LogP contribution is -2.42. The van der Waals surface area contributed by atoms with E-state index in [4.69, 9.17) is 9.47 Å². The maximum Gasteiger partial charge on any atom is 0.409 e. The Labute approximate surface area is 101 Å². The van der Waals surface area contributed by atoms with Gasteiger partial charge in [0.1, 0.15) is 6.10 Å². The molecule has 0 N–H and O–H groups in total. The zero-order chi connectivity index (χ0) is 12.1. The van der Waals surface area contributed by atoms with Gasteiger partial charge >= 0.3 is 6.09 Å².